The Morgan fingerprint density at radius 2 is 1.57 bits per heavy atom. The summed E-state index contributed by atoms with van der Waals surface area (Å²) in [6.07, 6.45) is 7.21. The van der Waals surface area contributed by atoms with Crippen molar-refractivity contribution in [2.24, 2.45) is 0 Å². The van der Waals surface area contributed by atoms with Crippen molar-refractivity contribution in [3.8, 4) is 11.1 Å². The maximum atomic E-state index is 12.7. The van der Waals surface area contributed by atoms with Gasteiger partial charge in [0.05, 0.1) is 0 Å². The number of allylic oxidation sites excluding steroid dienone is 4. The number of hydrogen-bond donors (Lipinski definition) is 0. The zero-order valence-corrected chi connectivity index (χ0v) is 21.0. The average Bonchev–Trinajstić information content (AvgIpc) is 3.28. The number of fused-ring (bicyclic) bond motifs is 3. The molecule has 4 rings (SSSR count). The fourth-order valence-electron chi connectivity index (χ4n) is 5.91. The first-order valence-electron chi connectivity index (χ1n) is 10.3. The number of hydrogen-bond acceptors (Lipinski definition) is 4. The van der Waals surface area contributed by atoms with E-state index < -0.39 is 24.2 Å². The Balaban J connectivity index is 2.20. The van der Waals surface area contributed by atoms with Crippen LogP contribution < -0.4 is 3.87 Å². The molecule has 156 valence electrons. The Morgan fingerprint density at radius 3 is 2.17 bits per heavy atom. The van der Waals surface area contributed by atoms with Crippen LogP contribution >= 0.6 is 0 Å². The number of rotatable bonds is 4. The average molecular weight is 456 g/mol. The van der Waals surface area contributed by atoms with Crippen LogP contribution in [0.1, 0.15) is 31.4 Å². The standard InChI is InChI=1S/C13H9.C5H5.2C2H4O2.2CH3.H2Si.Ti/c1-3-7-12-10(5-1)9-11-6-2-4-8-13(11)12;1-2-4-5-3-1;2*1-2(3)4;;;;/h1-5,7-8H,9H2;1-3H,4H2;2*1H3,(H,3,4);2*1H3;1H2;/q;;;;;;;+2/p-2. The normalized spacial score (nSPS) is 18.1. The number of carbonyl (C=O) groups is 2. The molecule has 0 atom stereocenters. The number of carbonyl (C=O) groups excluding carboxylic acids is 2. The predicted octanol–water partition coefficient (Wildman–Crippen LogP) is 4.09. The van der Waals surface area contributed by atoms with E-state index in [1.54, 1.807) is 7.63 Å². The summed E-state index contributed by atoms with van der Waals surface area (Å²) in [5.41, 5.74) is 4.57. The monoisotopic (exact) mass is 456 g/mol. The van der Waals surface area contributed by atoms with Crippen molar-refractivity contribution in [2.75, 3.05) is 0 Å². The van der Waals surface area contributed by atoms with Crippen LogP contribution in [0.15, 0.2) is 64.6 Å². The second-order valence-electron chi connectivity index (χ2n) is 10.5. The van der Waals surface area contributed by atoms with Gasteiger partial charge in [-0.1, -0.05) is 0 Å². The van der Waals surface area contributed by atoms with E-state index in [1.165, 1.54) is 25.0 Å². The predicted molar refractivity (Wildman–Crippen MR) is 120 cm³/mol. The molecular weight excluding hydrogens is 428 g/mol. The van der Waals surface area contributed by atoms with E-state index in [-0.39, 0.29) is 0 Å². The molecule has 0 fully saturated rings. The van der Waals surface area contributed by atoms with Gasteiger partial charge in [-0.25, -0.2) is 0 Å². The van der Waals surface area contributed by atoms with E-state index in [0.29, 0.717) is 12.8 Å². The minimum absolute atomic E-state index is 0.451. The van der Waals surface area contributed by atoms with E-state index in [0.717, 1.165) is 18.9 Å². The summed E-state index contributed by atoms with van der Waals surface area (Å²) in [5.74, 6) is -0.902. The van der Waals surface area contributed by atoms with Crippen LogP contribution in [0.25, 0.3) is 11.1 Å². The van der Waals surface area contributed by atoms with Gasteiger partial charge in [-0.15, -0.1) is 0 Å². The molecule has 30 heavy (non-hydrogen) atoms. The Kier molecular flexibility index (Phi) is 3.88. The molecular formula is C24H28O4SiTi. The van der Waals surface area contributed by atoms with Crippen molar-refractivity contribution in [3.05, 3.63) is 75.7 Å². The van der Waals surface area contributed by atoms with Crippen molar-refractivity contribution < 1.29 is 28.5 Å². The molecule has 2 aliphatic carbocycles. The van der Waals surface area contributed by atoms with Crippen molar-refractivity contribution in [2.45, 2.75) is 37.1 Å². The molecule has 0 saturated heterocycles. The third kappa shape index (κ3) is 2.62. The van der Waals surface area contributed by atoms with Crippen LogP contribution in [0, 0.1) is 0 Å². The summed E-state index contributed by atoms with van der Waals surface area (Å²) >= 11 is -6.13. The summed E-state index contributed by atoms with van der Waals surface area (Å²) in [6, 6.07) is 14.4. The first-order valence-corrected chi connectivity index (χ1v) is 20.3. The number of benzene rings is 2. The van der Waals surface area contributed by atoms with Crippen molar-refractivity contribution in [1.82, 2.24) is 0 Å². The molecule has 2 aliphatic rings. The SMILES string of the molecule is CC(=O)[O][Ti]([CH3])([CH3])(=[SiH2])([O]C(C)=O)([C]1=CC=CC1)[c]1cccc2c1Cc1ccccc1-2. The molecule has 0 heterocycles. The molecule has 0 N–H and O–H groups in total. The second-order valence-corrected chi connectivity index (χ2v) is 37.4. The summed E-state index contributed by atoms with van der Waals surface area (Å²) < 4.78 is 14.7. The fourth-order valence-corrected chi connectivity index (χ4v) is 21.2. The Morgan fingerprint density at radius 1 is 0.933 bits per heavy atom. The molecule has 0 radical (unpaired) electrons. The van der Waals surface area contributed by atoms with Crippen LogP contribution in [0.3, 0.4) is 0 Å². The van der Waals surface area contributed by atoms with E-state index >= 15 is 0 Å². The van der Waals surface area contributed by atoms with Crippen molar-refractivity contribution in [1.29, 1.82) is 0 Å². The third-order valence-electron chi connectivity index (χ3n) is 7.13. The van der Waals surface area contributed by atoms with Crippen LogP contribution in [-0.4, -0.2) is 19.6 Å². The quantitative estimate of drug-likeness (QED) is 0.555. The van der Waals surface area contributed by atoms with E-state index in [4.69, 9.17) is 6.64 Å². The van der Waals surface area contributed by atoms with Gasteiger partial charge in [0.1, 0.15) is 0 Å². The van der Waals surface area contributed by atoms with Gasteiger partial charge in [0, 0.05) is 0 Å². The van der Waals surface area contributed by atoms with Gasteiger partial charge >= 0.3 is 176 Å². The summed E-state index contributed by atoms with van der Waals surface area (Å²) in [7, 11) is 1.60. The topological polar surface area (TPSA) is 52.6 Å². The molecule has 0 unspecified atom stereocenters. The molecule has 2 aromatic carbocycles. The van der Waals surface area contributed by atoms with E-state index in [2.05, 4.69) is 18.2 Å². The van der Waals surface area contributed by atoms with Gasteiger partial charge in [0.2, 0.25) is 0 Å². The fraction of sp³-hybridized carbons (Fsp3) is 0.250. The molecule has 2 aromatic rings. The second kappa shape index (κ2) is 5.53. The van der Waals surface area contributed by atoms with E-state index in [1.807, 2.05) is 53.0 Å². The first kappa shape index (κ1) is 21.0. The van der Waals surface area contributed by atoms with Crippen LogP contribution in [0.5, 0.6) is 0 Å². The van der Waals surface area contributed by atoms with Gasteiger partial charge in [-0.2, -0.15) is 0 Å². The van der Waals surface area contributed by atoms with E-state index in [9.17, 15) is 9.59 Å². The summed E-state index contributed by atoms with van der Waals surface area (Å²) in [6.45, 7) is 2.79. The molecule has 4 nitrogen and oxygen atoms in total. The Bertz CT molecular complexity index is 1310. The molecule has 0 aromatic heterocycles. The molecule has 0 bridgehead atoms. The molecule has 6 heteroatoms. The summed E-state index contributed by atoms with van der Waals surface area (Å²) in [4.78, 5) is 25.4. The molecule has 0 saturated carbocycles. The minimum atomic E-state index is -6.13. The molecule has 0 aliphatic heterocycles. The first-order chi connectivity index (χ1) is 13.8. The summed E-state index contributed by atoms with van der Waals surface area (Å²) in [5, 5.41) is 3.85. The van der Waals surface area contributed by atoms with Crippen molar-refractivity contribution >= 4 is 23.4 Å². The Hall–Kier alpha value is -2.21. The zero-order chi connectivity index (χ0) is 21.9. The van der Waals surface area contributed by atoms with Gasteiger partial charge in [-0.05, 0) is 0 Å². The van der Waals surface area contributed by atoms with Gasteiger partial charge in [0.15, 0.2) is 0 Å². The van der Waals surface area contributed by atoms with Crippen LogP contribution in [0.2, 0.25) is 10.5 Å². The van der Waals surface area contributed by atoms with Crippen molar-refractivity contribution in [3.63, 3.8) is 0 Å². The van der Waals surface area contributed by atoms with Gasteiger partial charge in [0.25, 0.3) is 0 Å². The van der Waals surface area contributed by atoms with Gasteiger partial charge in [-0.3, -0.25) is 0 Å². The Labute approximate surface area is 175 Å². The molecule has 0 amide bonds. The zero-order valence-electron chi connectivity index (χ0n) is 18.0. The van der Waals surface area contributed by atoms with Crippen LogP contribution in [0.4, 0.5) is 0 Å². The molecule has 0 spiro atoms. The third-order valence-corrected chi connectivity index (χ3v) is 24.0. The van der Waals surface area contributed by atoms with Crippen LogP contribution in [-0.2, 0) is 34.9 Å². The maximum absolute atomic E-state index is 12.7. The van der Waals surface area contributed by atoms with Gasteiger partial charge < -0.3 is 0 Å².